The molecule has 4 aliphatic carbocycles. The zero-order valence-corrected chi connectivity index (χ0v) is 102. The smallest absolute Gasteiger partial charge is 0.00461 e. The summed E-state index contributed by atoms with van der Waals surface area (Å²) < 4.78 is 0. The fourth-order valence-electron chi connectivity index (χ4n) is 27.5. The molecule has 0 radical (unpaired) electrons. The van der Waals surface area contributed by atoms with E-state index in [4.69, 9.17) is 11.5 Å². The maximum Gasteiger partial charge on any atom is 0.00461 e. The number of unbranched alkanes of at least 4 members (excludes halogenated alkanes) is 73. The quantitative estimate of drug-likeness (QED) is 0.0596. The lowest BCUT2D eigenvalue weighted by Gasteiger charge is -2.46. The summed E-state index contributed by atoms with van der Waals surface area (Å²) >= 11 is 0. The third-order valence-corrected chi connectivity index (χ3v) is 37.1. The maximum absolute atomic E-state index is 4.90. The van der Waals surface area contributed by atoms with Crippen molar-refractivity contribution in [1.29, 1.82) is 0 Å². The third-order valence-electron chi connectivity index (χ3n) is 37.1. The zero-order valence-electron chi connectivity index (χ0n) is 102. The van der Waals surface area contributed by atoms with Gasteiger partial charge in [0.15, 0.2) is 0 Å². The summed E-state index contributed by atoms with van der Waals surface area (Å²) in [6.45, 7) is 29.7. The molecule has 0 aliphatic heterocycles. The van der Waals surface area contributed by atoms with Crippen molar-refractivity contribution in [3.05, 3.63) is 0 Å². The largest absolute Gasteiger partial charge is 0.329 e. The predicted molar refractivity (Wildman–Crippen MR) is 654 cm³/mol. The van der Waals surface area contributed by atoms with Crippen molar-refractivity contribution in [1.82, 2.24) is 0 Å². The van der Waals surface area contributed by atoms with Crippen molar-refractivity contribution in [3.8, 4) is 0 Å². The summed E-state index contributed by atoms with van der Waals surface area (Å²) in [5.41, 5.74) is 9.81. The van der Waals surface area contributed by atoms with Crippen LogP contribution in [0.25, 0.3) is 0 Å². The van der Waals surface area contributed by atoms with E-state index in [1.807, 2.05) is 0 Å². The van der Waals surface area contributed by atoms with Gasteiger partial charge in [-0.15, -0.1) is 0 Å². The second-order valence-electron chi connectivity index (χ2n) is 50.2. The molecule has 2 heteroatoms. The first kappa shape index (κ1) is 142. The summed E-state index contributed by atoms with van der Waals surface area (Å²) in [6.07, 6.45) is 170. The molecule has 142 heavy (non-hydrogen) atoms. The van der Waals surface area contributed by atoms with E-state index in [2.05, 4.69) is 83.1 Å². The van der Waals surface area contributed by atoms with Crippen LogP contribution in [0.15, 0.2) is 0 Å². The van der Waals surface area contributed by atoms with Crippen LogP contribution in [0, 0.1) is 71.0 Å². The van der Waals surface area contributed by atoms with E-state index in [0.717, 1.165) is 71.0 Å². The number of hydrogen-bond donors (Lipinski definition) is 2. The molecule has 0 aromatic carbocycles. The molecule has 12 atom stereocenters. The Morgan fingerprint density at radius 1 is 0.127 bits per heavy atom. The summed E-state index contributed by atoms with van der Waals surface area (Å²) in [7, 11) is 0. The number of rotatable bonds is 86. The Kier molecular flexibility index (Phi) is 119. The van der Waals surface area contributed by atoms with Crippen LogP contribution in [0.5, 0.6) is 0 Å². The Hall–Kier alpha value is -0.0800. The van der Waals surface area contributed by atoms with Crippen LogP contribution in [0.3, 0.4) is 0 Å². The third kappa shape index (κ3) is 93.5. The Morgan fingerprint density at radius 3 is 0.627 bits per heavy atom. The molecule has 4 aliphatic rings. The monoisotopic (exact) mass is 1990 g/mol. The van der Waals surface area contributed by atoms with Crippen molar-refractivity contribution in [2.75, 3.05) is 13.1 Å². The van der Waals surface area contributed by atoms with Gasteiger partial charge in [0.2, 0.25) is 0 Å². The average Bonchev–Trinajstić information content (AvgIpc) is 0.806. The first-order valence-corrected chi connectivity index (χ1v) is 69.6. The molecular weight excluding hydrogens is 1710 g/mol. The summed E-state index contributed by atoms with van der Waals surface area (Å²) in [4.78, 5) is 0. The van der Waals surface area contributed by atoms with Gasteiger partial charge < -0.3 is 11.5 Å². The van der Waals surface area contributed by atoms with Gasteiger partial charge in [-0.05, 0) is 122 Å². The van der Waals surface area contributed by atoms with Gasteiger partial charge >= 0.3 is 0 Å². The predicted octanol–water partition coefficient (Wildman–Crippen LogP) is 51.0. The van der Waals surface area contributed by atoms with Crippen LogP contribution < -0.4 is 11.5 Å². The van der Waals surface area contributed by atoms with Crippen molar-refractivity contribution in [2.24, 2.45) is 82.5 Å². The Morgan fingerprint density at radius 2 is 0.303 bits per heavy atom. The van der Waals surface area contributed by atoms with Crippen molar-refractivity contribution in [3.63, 3.8) is 0 Å². The normalized spacial score (nSPS) is 21.4. The highest BCUT2D eigenvalue weighted by Gasteiger charge is 2.41. The van der Waals surface area contributed by atoms with Crippen LogP contribution >= 0.6 is 0 Å². The molecule has 0 amide bonds. The van der Waals surface area contributed by atoms with E-state index in [-0.39, 0.29) is 0 Å². The zero-order chi connectivity index (χ0) is 103. The molecule has 4 fully saturated rings. The molecule has 4 N–H and O–H groups in total. The van der Waals surface area contributed by atoms with Crippen molar-refractivity contribution in [2.45, 2.75) is 815 Å². The molecule has 854 valence electrons. The lowest BCUT2D eigenvalue weighted by molar-refractivity contribution is 0.0445. The van der Waals surface area contributed by atoms with E-state index >= 15 is 0 Å². The lowest BCUT2D eigenvalue weighted by Crippen LogP contribution is -2.36. The minimum atomic E-state index is 0.597. The van der Waals surface area contributed by atoms with Crippen LogP contribution in [0.1, 0.15) is 815 Å². The van der Waals surface area contributed by atoms with E-state index in [0.29, 0.717) is 13.1 Å². The Balaban J connectivity index is 0.00000220. The second-order valence-corrected chi connectivity index (χ2v) is 50.2. The maximum atomic E-state index is 4.90. The van der Waals surface area contributed by atoms with Gasteiger partial charge in [0.25, 0.3) is 0 Å². The molecule has 12 unspecified atom stereocenters. The molecule has 0 heterocycles. The molecule has 4 saturated carbocycles. The minimum absolute atomic E-state index is 0.597. The number of fused-ring (bicyclic) bond motifs is 5. The fraction of sp³-hybridized carbons (Fsp3) is 1.00. The first-order valence-electron chi connectivity index (χ1n) is 69.6. The minimum Gasteiger partial charge on any atom is -0.329 e. The summed E-state index contributed by atoms with van der Waals surface area (Å²) in [6, 6.07) is 0. The van der Waals surface area contributed by atoms with E-state index < -0.39 is 0 Å². The molecule has 0 aromatic heterocycles. The van der Waals surface area contributed by atoms with Gasteiger partial charge in [-0.2, -0.15) is 0 Å². The van der Waals surface area contributed by atoms with Gasteiger partial charge in [0.05, 0.1) is 0 Å². The molecule has 4 bridgehead atoms. The first-order chi connectivity index (χ1) is 70.2. The molecule has 4 rings (SSSR count). The highest BCUT2D eigenvalue weighted by molar-refractivity contribution is 4.91. The molecule has 0 saturated heterocycles. The van der Waals surface area contributed by atoms with Crippen LogP contribution in [-0.2, 0) is 0 Å². The summed E-state index contributed by atoms with van der Waals surface area (Å²) in [5.74, 6) is 12.1. The van der Waals surface area contributed by atoms with E-state index in [1.165, 1.54) is 584 Å². The Labute approximate surface area is 904 Å². The van der Waals surface area contributed by atoms with Crippen LogP contribution in [-0.4, -0.2) is 13.1 Å². The van der Waals surface area contributed by atoms with Gasteiger partial charge in [-0.1, -0.05) is 764 Å². The van der Waals surface area contributed by atoms with Gasteiger partial charge in [0, 0.05) is 13.1 Å². The molecule has 2 nitrogen and oxygen atoms in total. The fourth-order valence-corrected chi connectivity index (χ4v) is 27.5. The van der Waals surface area contributed by atoms with Gasteiger partial charge in [-0.25, -0.2) is 0 Å². The SMILES string of the molecule is CCCCCCCC1CCCCCCC2CCC(CCCCC)C(CCCCC)C3CC2CCC2CCCC1CCC(CCCC)C(CCCC)CCCCCCC2CCCCC3CCCCCC.CCCCCCCCCCCCCCCCCCCCCCC.CCCCCCCCCCCCCCCCCCCCCCC.CCCCCCCCCCCCCCCCCCCCCCC.NCCN. The van der Waals surface area contributed by atoms with Crippen LogP contribution in [0.2, 0.25) is 0 Å². The molecule has 0 aromatic rings. The topological polar surface area (TPSA) is 52.0 Å². The summed E-state index contributed by atoms with van der Waals surface area (Å²) in [5, 5.41) is 0. The standard InChI is InChI=1S/C69H132.3C23H48.C2H8N2/c1-7-13-19-21-29-40-59-41-31-24-25-33-43-64-53-55-66(45-26-15-9-3)68(50-27-16-10-4)69-57-67(64)56-54-63-49-36-48-62(59)52-51-61(38-18-12-6)58(37-17-11-5)39-30-22-23-32-42-60(63)44-34-35-47-65(69)46-28-20-14-8-2;3*1-3-5-7-9-11-13-15-17-19-21-23-22-20-18-16-14-12-10-8-6-4-2;3-1-2-4/h58-69H,7-57H2,1-6H3;3*3-23H2,1-2H3;1-4H2. The van der Waals surface area contributed by atoms with Crippen molar-refractivity contribution < 1.29 is 0 Å². The number of nitrogens with two attached hydrogens (primary N) is 2. The number of hydrogen-bond acceptors (Lipinski definition) is 2. The van der Waals surface area contributed by atoms with E-state index in [1.54, 1.807) is 148 Å². The van der Waals surface area contributed by atoms with Crippen LogP contribution in [0.4, 0.5) is 0 Å². The van der Waals surface area contributed by atoms with Gasteiger partial charge in [-0.3, -0.25) is 0 Å². The van der Waals surface area contributed by atoms with Crippen molar-refractivity contribution >= 4 is 0 Å². The second kappa shape index (κ2) is 120. The highest BCUT2D eigenvalue weighted by atomic mass is 14.6. The average molecular weight is 2000 g/mol. The lowest BCUT2D eigenvalue weighted by atomic mass is 9.60. The molecular formula is C140H284N2. The van der Waals surface area contributed by atoms with E-state index in [9.17, 15) is 0 Å². The Bertz CT molecular complexity index is 2060. The van der Waals surface area contributed by atoms with Gasteiger partial charge in [0.1, 0.15) is 0 Å². The molecule has 0 spiro atoms. The highest BCUT2D eigenvalue weighted by Crippen LogP contribution is 2.51.